The number of hydrogen-bond donors (Lipinski definition) is 11. The molecule has 0 unspecified atom stereocenters. The fraction of sp³-hybridized carbons (Fsp3) is 0.417. The van der Waals surface area contributed by atoms with Crippen LogP contribution in [0.25, 0.3) is 22.4 Å². The van der Waals surface area contributed by atoms with Gasteiger partial charge in [-0.2, -0.15) is 8.42 Å². The number of carboxylic acid groups (broad SMARTS) is 1. The van der Waals surface area contributed by atoms with Crippen LogP contribution in [0.2, 0.25) is 0 Å². The number of aryl methyl sites for hydroxylation is 1. The van der Waals surface area contributed by atoms with Gasteiger partial charge >= 0.3 is 5.97 Å². The smallest absolute Gasteiger partial charge is 0.326 e. The predicted molar refractivity (Wildman–Crippen MR) is 264 cm³/mol. The van der Waals surface area contributed by atoms with E-state index in [-0.39, 0.29) is 71.1 Å². The number of phenolic OH excluding ortho intramolecular Hbond substituents is 1. The van der Waals surface area contributed by atoms with Gasteiger partial charge in [0.2, 0.25) is 17.7 Å². The molecule has 0 aliphatic carbocycles. The number of pyridine rings is 1. The number of aliphatic hydroxyl groups is 1. The van der Waals surface area contributed by atoms with Crippen molar-refractivity contribution in [2.75, 3.05) is 45.6 Å². The number of aliphatic hydroxyl groups excluding tert-OH is 1. The van der Waals surface area contributed by atoms with Crippen molar-refractivity contribution in [3.8, 4) is 39.6 Å². The van der Waals surface area contributed by atoms with Crippen molar-refractivity contribution in [3.05, 3.63) is 88.5 Å². The molecule has 71 heavy (non-hydrogen) atoms. The zero-order valence-electron chi connectivity index (χ0n) is 40.4. The van der Waals surface area contributed by atoms with Gasteiger partial charge in [-0.15, -0.1) is 0 Å². The molecule has 4 aromatic rings. The Labute approximate surface area is 412 Å². The maximum Gasteiger partial charge on any atom is 0.326 e. The molecule has 1 aliphatic rings. The van der Waals surface area contributed by atoms with Gasteiger partial charge in [0.15, 0.2) is 11.5 Å². The van der Waals surface area contributed by atoms with E-state index in [0.29, 0.717) is 23.2 Å². The summed E-state index contributed by atoms with van der Waals surface area (Å²) in [5, 5.41) is 45.3. The summed E-state index contributed by atoms with van der Waals surface area (Å²) in [6.07, 6.45) is -1.46. The van der Waals surface area contributed by atoms with Crippen molar-refractivity contribution in [2.24, 2.45) is 16.6 Å². The second kappa shape index (κ2) is 23.3. The molecule has 2 heterocycles. The number of aromatic hydroxyl groups is 1. The predicted octanol–water partition coefficient (Wildman–Crippen LogP) is 0.847. The molecule has 0 spiro atoms. The average Bonchev–Trinajstić information content (AvgIpc) is 3.29. The zero-order valence-corrected chi connectivity index (χ0v) is 41.3. The number of aromatic nitrogens is 1. The highest BCUT2D eigenvalue weighted by Gasteiger charge is 2.37. The highest BCUT2D eigenvalue weighted by atomic mass is 32.2. The molecule has 5 atom stereocenters. The number of carboxylic acids is 1. The standard InChI is InChI=1S/C48H64N10O12S/c1-25-18-35(28-9-11-30(12-10-28)48(3,4)5)55-42(51)39(25)44(62)56-34(14-16-53-71(52,67)68)46(64)58(6)40-29-21-33(41(60)38(22-29)70-24-31(59)23-50)32-19-27(8-13-37(32)69-17-7-15-49)20-36(47(65)66)57-43(61)26(2)54-45(40)63/h8-13,18-19,21-22,26,31,34,36,40,53,59-60H,7,14-17,20,23-24,49-50H2,1-6H3,(H2,51,55)(H,54,63)(H,56,62)(H,57,61)(H,65,66)(H2,52,67,68)/t26-,31+,34-,36-,40-/m0/s1. The number of carbonyl (C=O) groups is 5. The van der Waals surface area contributed by atoms with Gasteiger partial charge < -0.3 is 62.8 Å². The molecule has 1 aromatic heterocycles. The van der Waals surface area contributed by atoms with Crippen molar-refractivity contribution in [1.29, 1.82) is 0 Å². The largest absolute Gasteiger partial charge is 0.504 e. The zero-order chi connectivity index (χ0) is 52.5. The number of nitrogens with one attached hydrogen (secondary N) is 4. The van der Waals surface area contributed by atoms with Crippen LogP contribution in [0.1, 0.15) is 79.2 Å². The Morgan fingerprint density at radius 3 is 2.27 bits per heavy atom. The molecule has 15 N–H and O–H groups in total. The number of anilines is 1. The van der Waals surface area contributed by atoms with Crippen LogP contribution >= 0.6 is 0 Å². The van der Waals surface area contributed by atoms with Crippen molar-refractivity contribution >= 4 is 45.6 Å². The summed E-state index contributed by atoms with van der Waals surface area (Å²) >= 11 is 0. The number of fused-ring (bicyclic) bond motifs is 5. The van der Waals surface area contributed by atoms with Crippen molar-refractivity contribution in [2.45, 2.75) is 89.6 Å². The average molecular weight is 1010 g/mol. The maximum absolute atomic E-state index is 15.0. The highest BCUT2D eigenvalue weighted by molar-refractivity contribution is 7.87. The summed E-state index contributed by atoms with van der Waals surface area (Å²) in [4.78, 5) is 75.5. The van der Waals surface area contributed by atoms with Gasteiger partial charge in [-0.3, -0.25) is 19.2 Å². The molecule has 4 bridgehead atoms. The first-order valence-electron chi connectivity index (χ1n) is 22.7. The van der Waals surface area contributed by atoms with Crippen LogP contribution in [-0.2, 0) is 41.2 Å². The fourth-order valence-electron chi connectivity index (χ4n) is 7.79. The van der Waals surface area contributed by atoms with Crippen LogP contribution in [0.3, 0.4) is 0 Å². The van der Waals surface area contributed by atoms with Gasteiger partial charge in [-0.1, -0.05) is 51.1 Å². The molecule has 23 heteroatoms. The van der Waals surface area contributed by atoms with Crippen LogP contribution in [-0.4, -0.2) is 127 Å². The number of ether oxygens (including phenoxy) is 2. The molecule has 0 saturated heterocycles. The Balaban J connectivity index is 1.66. The maximum atomic E-state index is 15.0. The van der Waals surface area contributed by atoms with E-state index < -0.39 is 95.4 Å². The van der Waals surface area contributed by atoms with Crippen molar-refractivity contribution < 1.29 is 57.2 Å². The Hall–Kier alpha value is -6.89. The topological polar surface area (TPSA) is 367 Å². The molecule has 0 radical (unpaired) electrons. The van der Waals surface area contributed by atoms with Crippen molar-refractivity contribution in [3.63, 3.8) is 0 Å². The number of amides is 4. The number of phenols is 1. The fourth-order valence-corrected chi connectivity index (χ4v) is 8.19. The first kappa shape index (κ1) is 55.0. The first-order chi connectivity index (χ1) is 33.3. The number of hydrogen-bond acceptors (Lipinski definition) is 15. The number of nitrogens with zero attached hydrogens (tertiary/aromatic N) is 2. The number of carbonyl (C=O) groups excluding carboxylic acids is 4. The first-order valence-corrected chi connectivity index (χ1v) is 24.3. The van der Waals surface area contributed by atoms with Gasteiger partial charge in [0.05, 0.1) is 17.9 Å². The number of benzene rings is 3. The summed E-state index contributed by atoms with van der Waals surface area (Å²) in [5.41, 5.74) is 20.8. The molecule has 384 valence electrons. The molecule has 4 amide bonds. The highest BCUT2D eigenvalue weighted by Crippen LogP contribution is 2.45. The molecular formula is C48H64N10O12S. The summed E-state index contributed by atoms with van der Waals surface area (Å²) in [5.74, 6) is -5.93. The summed E-state index contributed by atoms with van der Waals surface area (Å²) in [7, 11) is -3.10. The number of nitrogen functional groups attached to an aromatic ring is 1. The van der Waals surface area contributed by atoms with E-state index >= 15 is 0 Å². The molecule has 0 saturated carbocycles. The van der Waals surface area contributed by atoms with Gasteiger partial charge in [0.1, 0.15) is 48.4 Å². The van der Waals surface area contributed by atoms with Gasteiger partial charge in [0, 0.05) is 43.2 Å². The van der Waals surface area contributed by atoms with Crippen molar-refractivity contribution in [1.82, 2.24) is 30.6 Å². The van der Waals surface area contributed by atoms with E-state index in [2.05, 4.69) is 46.4 Å². The lowest BCUT2D eigenvalue weighted by Crippen LogP contribution is -2.55. The van der Waals surface area contributed by atoms with Gasteiger partial charge in [0.25, 0.3) is 16.1 Å². The monoisotopic (exact) mass is 1000 g/mol. The lowest BCUT2D eigenvalue weighted by molar-refractivity contribution is -0.143. The lowest BCUT2D eigenvalue weighted by Gasteiger charge is -2.33. The third kappa shape index (κ3) is 14.1. The summed E-state index contributed by atoms with van der Waals surface area (Å²) in [6, 6.07) is 10.3. The van der Waals surface area contributed by atoms with E-state index in [4.69, 9.17) is 31.8 Å². The van der Waals surface area contributed by atoms with Crippen LogP contribution in [0.15, 0.2) is 60.7 Å². The van der Waals surface area contributed by atoms with Crippen LogP contribution < -0.4 is 52.5 Å². The van der Waals surface area contributed by atoms with Crippen LogP contribution in [0.5, 0.6) is 17.2 Å². The third-order valence-electron chi connectivity index (χ3n) is 11.7. The molecule has 22 nitrogen and oxygen atoms in total. The molecular weight excluding hydrogens is 941 g/mol. The summed E-state index contributed by atoms with van der Waals surface area (Å²) < 4.78 is 38.1. The molecule has 1 aliphatic heterocycles. The van der Waals surface area contributed by atoms with Gasteiger partial charge in [-0.25, -0.2) is 19.6 Å². The number of likely N-dealkylation sites (N-methyl/N-ethyl adjacent to an activating group) is 1. The minimum absolute atomic E-state index is 0.0294. The second-order valence-corrected chi connectivity index (χ2v) is 19.7. The quantitative estimate of drug-likeness (QED) is 0.0616. The normalized spacial score (nSPS) is 17.2. The minimum Gasteiger partial charge on any atom is -0.504 e. The van der Waals surface area contributed by atoms with E-state index in [1.165, 1.54) is 38.2 Å². The number of aliphatic carboxylic acids is 1. The molecule has 5 rings (SSSR count). The SMILES string of the molecule is Cc1cc(-c2ccc(C(C)(C)C)cc2)nc(N)c1C(=O)N[C@@H](CCNS(N)(=O)=O)C(=O)N(C)[C@@H]1C(=O)N[C@@H](C)C(=O)N[C@H](C(=O)O)Cc2ccc(OCCCN)c(c2)-c2cc1cc(OC[C@H](O)CN)c2O. The lowest BCUT2D eigenvalue weighted by atomic mass is 9.86. The van der Waals surface area contributed by atoms with E-state index in [0.717, 1.165) is 16.0 Å². The number of nitrogens with two attached hydrogens (primary N) is 4. The van der Waals surface area contributed by atoms with E-state index in [1.807, 2.05) is 24.3 Å². The summed E-state index contributed by atoms with van der Waals surface area (Å²) in [6.45, 7) is 8.40. The Kier molecular flexibility index (Phi) is 18.1. The third-order valence-corrected chi connectivity index (χ3v) is 12.3. The number of rotatable bonds is 18. The Bertz CT molecular complexity index is 2710. The van der Waals surface area contributed by atoms with Gasteiger partial charge in [-0.05, 0) is 91.2 Å². The molecule has 3 aromatic carbocycles. The van der Waals surface area contributed by atoms with Crippen LogP contribution in [0, 0.1) is 6.92 Å². The van der Waals surface area contributed by atoms with Crippen LogP contribution in [0.4, 0.5) is 5.82 Å². The minimum atomic E-state index is -4.31. The second-order valence-electron chi connectivity index (χ2n) is 18.3. The Morgan fingerprint density at radius 1 is 0.972 bits per heavy atom. The van der Waals surface area contributed by atoms with E-state index in [9.17, 15) is 47.7 Å². The molecule has 0 fully saturated rings. The Morgan fingerprint density at radius 2 is 1.66 bits per heavy atom. The van der Waals surface area contributed by atoms with E-state index in [1.54, 1.807) is 19.1 Å².